The van der Waals surface area contributed by atoms with Crippen LogP contribution in [0.2, 0.25) is 0 Å². The number of nitrogens with zero attached hydrogens (tertiary/aromatic N) is 2. The van der Waals surface area contributed by atoms with Crippen molar-refractivity contribution in [1.29, 1.82) is 0 Å². The summed E-state index contributed by atoms with van der Waals surface area (Å²) < 4.78 is 5.30. The highest BCUT2D eigenvalue weighted by Gasteiger charge is 2.25. The highest BCUT2D eigenvalue weighted by molar-refractivity contribution is 7.15. The second-order valence-electron chi connectivity index (χ2n) is 4.41. The van der Waals surface area contributed by atoms with Crippen molar-refractivity contribution in [3.63, 3.8) is 0 Å². The first kappa shape index (κ1) is 11.4. The van der Waals surface area contributed by atoms with Gasteiger partial charge in [-0.2, -0.15) is 4.98 Å². The lowest BCUT2D eigenvalue weighted by molar-refractivity contribution is -0.122. The molecule has 0 aliphatic carbocycles. The van der Waals surface area contributed by atoms with Crippen molar-refractivity contribution in [2.45, 2.75) is 25.7 Å². The van der Waals surface area contributed by atoms with E-state index in [0.717, 1.165) is 11.3 Å². The number of thiophene rings is 1. The SMILES string of the molecule is Cc1ccc(-c2noc(C3CCC(=O)NC3)n2)s1. The van der Waals surface area contributed by atoms with Crippen molar-refractivity contribution in [2.75, 3.05) is 6.54 Å². The summed E-state index contributed by atoms with van der Waals surface area (Å²) in [6, 6.07) is 4.04. The van der Waals surface area contributed by atoms with E-state index in [1.165, 1.54) is 4.88 Å². The number of hydrogen-bond acceptors (Lipinski definition) is 5. The third-order valence-electron chi connectivity index (χ3n) is 3.02. The molecule has 1 atom stereocenters. The fraction of sp³-hybridized carbons (Fsp3) is 0.417. The van der Waals surface area contributed by atoms with Gasteiger partial charge < -0.3 is 9.84 Å². The fourth-order valence-corrected chi connectivity index (χ4v) is 2.79. The summed E-state index contributed by atoms with van der Waals surface area (Å²) in [5, 5.41) is 6.83. The topological polar surface area (TPSA) is 68.0 Å². The Morgan fingerprint density at radius 3 is 3.06 bits per heavy atom. The number of aryl methyl sites for hydroxylation is 1. The standard InChI is InChI=1S/C12H13N3O2S/c1-7-2-4-9(18-7)11-14-12(17-15-11)8-3-5-10(16)13-6-8/h2,4,8H,3,5-6H2,1H3,(H,13,16). The van der Waals surface area contributed by atoms with E-state index in [-0.39, 0.29) is 11.8 Å². The van der Waals surface area contributed by atoms with Gasteiger partial charge in [-0.05, 0) is 25.5 Å². The molecule has 94 valence electrons. The predicted octanol–water partition coefficient (Wildman–Crippen LogP) is 2.10. The van der Waals surface area contributed by atoms with Gasteiger partial charge in [-0.1, -0.05) is 5.16 Å². The fourth-order valence-electron chi connectivity index (χ4n) is 2.00. The number of rotatable bonds is 2. The minimum atomic E-state index is 0.0971. The second-order valence-corrected chi connectivity index (χ2v) is 5.69. The molecule has 1 aliphatic rings. The summed E-state index contributed by atoms with van der Waals surface area (Å²) in [5.74, 6) is 1.50. The number of piperidine rings is 1. The molecule has 1 N–H and O–H groups in total. The Labute approximate surface area is 108 Å². The Bertz CT molecular complexity index is 565. The number of hydrogen-bond donors (Lipinski definition) is 1. The van der Waals surface area contributed by atoms with Crippen LogP contribution in [0.25, 0.3) is 10.7 Å². The van der Waals surface area contributed by atoms with Crippen LogP contribution in [0, 0.1) is 6.92 Å². The van der Waals surface area contributed by atoms with Crippen molar-refractivity contribution in [3.8, 4) is 10.7 Å². The summed E-state index contributed by atoms with van der Waals surface area (Å²) in [7, 11) is 0. The van der Waals surface area contributed by atoms with E-state index in [1.807, 2.05) is 19.1 Å². The van der Waals surface area contributed by atoms with Crippen molar-refractivity contribution < 1.29 is 9.32 Å². The van der Waals surface area contributed by atoms with E-state index in [4.69, 9.17) is 4.52 Å². The summed E-state index contributed by atoms with van der Waals surface area (Å²) in [5.41, 5.74) is 0. The maximum absolute atomic E-state index is 11.1. The maximum Gasteiger partial charge on any atom is 0.231 e. The molecule has 0 saturated carbocycles. The van der Waals surface area contributed by atoms with Gasteiger partial charge in [0.2, 0.25) is 17.6 Å². The molecule has 0 aromatic carbocycles. The highest BCUT2D eigenvalue weighted by atomic mass is 32.1. The van der Waals surface area contributed by atoms with Crippen molar-refractivity contribution in [3.05, 3.63) is 22.9 Å². The van der Waals surface area contributed by atoms with E-state index in [0.29, 0.717) is 24.7 Å². The summed E-state index contributed by atoms with van der Waals surface area (Å²) in [4.78, 5) is 17.8. The van der Waals surface area contributed by atoms with E-state index in [1.54, 1.807) is 11.3 Å². The minimum absolute atomic E-state index is 0.0971. The maximum atomic E-state index is 11.1. The zero-order valence-electron chi connectivity index (χ0n) is 9.97. The lowest BCUT2D eigenvalue weighted by Gasteiger charge is -2.18. The van der Waals surface area contributed by atoms with Crippen LogP contribution in [0.3, 0.4) is 0 Å². The molecule has 6 heteroatoms. The van der Waals surface area contributed by atoms with E-state index in [9.17, 15) is 4.79 Å². The van der Waals surface area contributed by atoms with Gasteiger partial charge in [-0.3, -0.25) is 4.79 Å². The van der Waals surface area contributed by atoms with Gasteiger partial charge in [0.25, 0.3) is 0 Å². The first-order valence-electron chi connectivity index (χ1n) is 5.89. The number of carbonyl (C=O) groups excluding carboxylic acids is 1. The zero-order chi connectivity index (χ0) is 12.5. The van der Waals surface area contributed by atoms with Gasteiger partial charge in [0.05, 0.1) is 10.8 Å². The van der Waals surface area contributed by atoms with Crippen LogP contribution >= 0.6 is 11.3 Å². The molecule has 0 bridgehead atoms. The van der Waals surface area contributed by atoms with Gasteiger partial charge in [-0.15, -0.1) is 11.3 Å². The molecule has 1 saturated heterocycles. The van der Waals surface area contributed by atoms with Crippen LogP contribution in [-0.2, 0) is 4.79 Å². The second kappa shape index (κ2) is 4.53. The number of amides is 1. The van der Waals surface area contributed by atoms with Gasteiger partial charge in [0.1, 0.15) is 0 Å². The molecule has 1 amide bonds. The Morgan fingerprint density at radius 1 is 1.50 bits per heavy atom. The largest absolute Gasteiger partial charge is 0.355 e. The van der Waals surface area contributed by atoms with Crippen molar-refractivity contribution >= 4 is 17.2 Å². The van der Waals surface area contributed by atoms with Crippen LogP contribution in [0.5, 0.6) is 0 Å². The van der Waals surface area contributed by atoms with Crippen molar-refractivity contribution in [2.24, 2.45) is 0 Å². The quantitative estimate of drug-likeness (QED) is 0.901. The Hall–Kier alpha value is -1.69. The van der Waals surface area contributed by atoms with E-state index in [2.05, 4.69) is 15.5 Å². The van der Waals surface area contributed by atoms with Gasteiger partial charge in [0, 0.05) is 17.8 Å². The molecule has 0 spiro atoms. The molecule has 2 aromatic heterocycles. The molecule has 3 heterocycles. The minimum Gasteiger partial charge on any atom is -0.355 e. The third kappa shape index (κ3) is 2.15. The van der Waals surface area contributed by atoms with E-state index < -0.39 is 0 Å². The van der Waals surface area contributed by atoms with Gasteiger partial charge >= 0.3 is 0 Å². The first-order valence-corrected chi connectivity index (χ1v) is 6.71. The Balaban J connectivity index is 1.79. The monoisotopic (exact) mass is 263 g/mol. The molecule has 1 unspecified atom stereocenters. The lowest BCUT2D eigenvalue weighted by Crippen LogP contribution is -2.33. The van der Waals surface area contributed by atoms with Crippen LogP contribution in [0.1, 0.15) is 29.5 Å². The van der Waals surface area contributed by atoms with Crippen LogP contribution < -0.4 is 5.32 Å². The number of carbonyl (C=O) groups is 1. The summed E-state index contributed by atoms with van der Waals surface area (Å²) in [6.45, 7) is 2.63. The lowest BCUT2D eigenvalue weighted by atomic mass is 9.99. The van der Waals surface area contributed by atoms with Crippen LogP contribution in [-0.4, -0.2) is 22.6 Å². The smallest absolute Gasteiger partial charge is 0.231 e. The molecule has 2 aromatic rings. The van der Waals surface area contributed by atoms with Crippen LogP contribution in [0.15, 0.2) is 16.7 Å². The van der Waals surface area contributed by atoms with Gasteiger partial charge in [-0.25, -0.2) is 0 Å². The predicted molar refractivity (Wildman–Crippen MR) is 67.3 cm³/mol. The highest BCUT2D eigenvalue weighted by Crippen LogP contribution is 2.28. The molecule has 0 radical (unpaired) electrons. The van der Waals surface area contributed by atoms with Crippen LogP contribution in [0.4, 0.5) is 0 Å². The van der Waals surface area contributed by atoms with Gasteiger partial charge in [0.15, 0.2) is 0 Å². The normalized spacial score (nSPS) is 19.8. The summed E-state index contributed by atoms with van der Waals surface area (Å²) in [6.07, 6.45) is 1.30. The number of aromatic nitrogens is 2. The molecule has 3 rings (SSSR count). The Morgan fingerprint density at radius 2 is 2.39 bits per heavy atom. The first-order chi connectivity index (χ1) is 8.72. The summed E-state index contributed by atoms with van der Waals surface area (Å²) >= 11 is 1.65. The van der Waals surface area contributed by atoms with Crippen molar-refractivity contribution in [1.82, 2.24) is 15.5 Å². The Kier molecular flexibility index (Phi) is 2.87. The molecule has 1 fully saturated rings. The third-order valence-corrected chi connectivity index (χ3v) is 4.01. The molecule has 1 aliphatic heterocycles. The molecule has 18 heavy (non-hydrogen) atoms. The van der Waals surface area contributed by atoms with E-state index >= 15 is 0 Å². The zero-order valence-corrected chi connectivity index (χ0v) is 10.8. The molecular weight excluding hydrogens is 250 g/mol. The number of nitrogens with one attached hydrogen (secondary N) is 1. The average Bonchev–Trinajstić information content (AvgIpc) is 2.98. The molecular formula is C12H13N3O2S. The molecule has 5 nitrogen and oxygen atoms in total. The average molecular weight is 263 g/mol.